The number of carbonyl (C=O) groups is 1. The monoisotopic (exact) mass is 269 g/mol. The Morgan fingerprint density at radius 3 is 2.75 bits per heavy atom. The Morgan fingerprint density at radius 2 is 2.10 bits per heavy atom. The second-order valence-corrected chi connectivity index (χ2v) is 4.57. The van der Waals surface area contributed by atoms with Crippen molar-refractivity contribution in [3.05, 3.63) is 53.7 Å². The minimum absolute atomic E-state index is 0.0167. The molecule has 2 aromatic rings. The van der Waals surface area contributed by atoms with E-state index in [9.17, 15) is 4.79 Å². The topological polar surface area (TPSA) is 45.2 Å². The van der Waals surface area contributed by atoms with E-state index in [0.29, 0.717) is 17.9 Å². The van der Waals surface area contributed by atoms with Gasteiger partial charge in [-0.25, -0.2) is 4.98 Å². The fraction of sp³-hybridized carbons (Fsp3) is 0.250. The summed E-state index contributed by atoms with van der Waals surface area (Å²) in [5, 5.41) is 2.95. The second kappa shape index (κ2) is 6.19. The number of hydrogen-bond acceptors (Lipinski definition) is 3. The lowest BCUT2D eigenvalue weighted by Crippen LogP contribution is -2.30. The fourth-order valence-corrected chi connectivity index (χ4v) is 2.10. The van der Waals surface area contributed by atoms with Crippen molar-refractivity contribution in [2.24, 2.45) is 0 Å². The SMILES string of the molecule is CCN(C(=O)c1ccnc(NC)c1)c1cccc(C)c1. The van der Waals surface area contributed by atoms with Crippen molar-refractivity contribution in [2.45, 2.75) is 13.8 Å². The van der Waals surface area contributed by atoms with Crippen LogP contribution in [0.5, 0.6) is 0 Å². The smallest absolute Gasteiger partial charge is 0.258 e. The molecule has 1 amide bonds. The Balaban J connectivity index is 2.33. The van der Waals surface area contributed by atoms with Crippen molar-refractivity contribution < 1.29 is 4.79 Å². The summed E-state index contributed by atoms with van der Waals surface area (Å²) in [5.41, 5.74) is 2.69. The highest BCUT2D eigenvalue weighted by Gasteiger charge is 2.16. The number of benzene rings is 1. The normalized spacial score (nSPS) is 10.2. The first kappa shape index (κ1) is 14.1. The van der Waals surface area contributed by atoms with Gasteiger partial charge in [-0.1, -0.05) is 12.1 Å². The summed E-state index contributed by atoms with van der Waals surface area (Å²) < 4.78 is 0. The average Bonchev–Trinajstić information content (AvgIpc) is 2.48. The molecule has 0 bridgehead atoms. The van der Waals surface area contributed by atoms with E-state index < -0.39 is 0 Å². The van der Waals surface area contributed by atoms with Crippen LogP contribution in [-0.2, 0) is 0 Å². The van der Waals surface area contributed by atoms with Crippen LogP contribution in [0.25, 0.3) is 0 Å². The predicted molar refractivity (Wildman–Crippen MR) is 82.3 cm³/mol. The zero-order chi connectivity index (χ0) is 14.5. The molecule has 0 aliphatic carbocycles. The van der Waals surface area contributed by atoms with E-state index >= 15 is 0 Å². The van der Waals surface area contributed by atoms with Crippen LogP contribution in [0.2, 0.25) is 0 Å². The Bertz CT molecular complexity index is 610. The van der Waals surface area contributed by atoms with Gasteiger partial charge in [0.2, 0.25) is 0 Å². The van der Waals surface area contributed by atoms with Crippen LogP contribution in [0, 0.1) is 6.92 Å². The number of aromatic nitrogens is 1. The Hall–Kier alpha value is -2.36. The van der Waals surface area contributed by atoms with Crippen LogP contribution in [0.3, 0.4) is 0 Å². The van der Waals surface area contributed by atoms with Crippen LogP contribution >= 0.6 is 0 Å². The van der Waals surface area contributed by atoms with Gasteiger partial charge in [0.1, 0.15) is 5.82 Å². The van der Waals surface area contributed by atoms with Crippen LogP contribution in [0.1, 0.15) is 22.8 Å². The quantitative estimate of drug-likeness (QED) is 0.927. The van der Waals surface area contributed by atoms with E-state index in [4.69, 9.17) is 0 Å². The van der Waals surface area contributed by atoms with E-state index in [1.165, 1.54) is 0 Å². The Kier molecular flexibility index (Phi) is 4.35. The van der Waals surface area contributed by atoms with Crippen LogP contribution in [0.4, 0.5) is 11.5 Å². The Labute approximate surface area is 119 Å². The lowest BCUT2D eigenvalue weighted by Gasteiger charge is -2.21. The number of nitrogens with one attached hydrogen (secondary N) is 1. The van der Waals surface area contributed by atoms with Crippen molar-refractivity contribution in [1.29, 1.82) is 0 Å². The van der Waals surface area contributed by atoms with Gasteiger partial charge in [0, 0.05) is 31.0 Å². The number of hydrogen-bond donors (Lipinski definition) is 1. The summed E-state index contributed by atoms with van der Waals surface area (Å²) in [6, 6.07) is 11.5. The van der Waals surface area contributed by atoms with Gasteiger partial charge >= 0.3 is 0 Å². The van der Waals surface area contributed by atoms with Gasteiger partial charge in [-0.05, 0) is 43.7 Å². The highest BCUT2D eigenvalue weighted by Crippen LogP contribution is 2.19. The van der Waals surface area contributed by atoms with E-state index in [2.05, 4.69) is 10.3 Å². The lowest BCUT2D eigenvalue weighted by atomic mass is 10.1. The van der Waals surface area contributed by atoms with Crippen molar-refractivity contribution in [1.82, 2.24) is 4.98 Å². The van der Waals surface area contributed by atoms with Crippen LogP contribution < -0.4 is 10.2 Å². The molecule has 4 nitrogen and oxygen atoms in total. The molecule has 0 spiro atoms. The van der Waals surface area contributed by atoms with Gasteiger partial charge in [-0.15, -0.1) is 0 Å². The van der Waals surface area contributed by atoms with Gasteiger partial charge in [0.15, 0.2) is 0 Å². The molecular weight excluding hydrogens is 250 g/mol. The largest absolute Gasteiger partial charge is 0.373 e. The third kappa shape index (κ3) is 2.96. The van der Waals surface area contributed by atoms with Crippen LogP contribution in [-0.4, -0.2) is 24.5 Å². The molecule has 0 atom stereocenters. The molecule has 0 radical (unpaired) electrons. The molecule has 20 heavy (non-hydrogen) atoms. The molecule has 1 aromatic heterocycles. The summed E-state index contributed by atoms with van der Waals surface area (Å²) in [5.74, 6) is 0.674. The van der Waals surface area contributed by atoms with E-state index in [-0.39, 0.29) is 5.91 Å². The zero-order valence-electron chi connectivity index (χ0n) is 12.1. The molecular formula is C16H19N3O. The maximum atomic E-state index is 12.6. The summed E-state index contributed by atoms with van der Waals surface area (Å²) in [7, 11) is 1.79. The molecule has 0 saturated heterocycles. The molecule has 0 aliphatic heterocycles. The molecule has 1 heterocycles. The fourth-order valence-electron chi connectivity index (χ4n) is 2.10. The molecule has 2 rings (SSSR count). The van der Waals surface area contributed by atoms with E-state index in [0.717, 1.165) is 11.3 Å². The molecule has 1 aromatic carbocycles. The van der Waals surface area contributed by atoms with Crippen LogP contribution in [0.15, 0.2) is 42.6 Å². The number of nitrogens with zero attached hydrogens (tertiary/aromatic N) is 2. The second-order valence-electron chi connectivity index (χ2n) is 4.57. The number of rotatable bonds is 4. The van der Waals surface area contributed by atoms with Crippen molar-refractivity contribution in [3.63, 3.8) is 0 Å². The van der Waals surface area contributed by atoms with E-state index in [1.807, 2.05) is 38.1 Å². The number of aryl methyl sites for hydroxylation is 1. The third-order valence-electron chi connectivity index (χ3n) is 3.14. The minimum atomic E-state index is -0.0167. The summed E-state index contributed by atoms with van der Waals surface area (Å²) >= 11 is 0. The first-order chi connectivity index (χ1) is 9.65. The highest BCUT2D eigenvalue weighted by molar-refractivity contribution is 6.06. The van der Waals surface area contributed by atoms with Gasteiger partial charge in [0.25, 0.3) is 5.91 Å². The molecule has 1 N–H and O–H groups in total. The maximum Gasteiger partial charge on any atom is 0.258 e. The third-order valence-corrected chi connectivity index (χ3v) is 3.14. The number of anilines is 2. The summed E-state index contributed by atoms with van der Waals surface area (Å²) in [4.78, 5) is 18.5. The average molecular weight is 269 g/mol. The lowest BCUT2D eigenvalue weighted by molar-refractivity contribution is 0.0988. The maximum absolute atomic E-state index is 12.6. The minimum Gasteiger partial charge on any atom is -0.373 e. The molecule has 0 saturated carbocycles. The number of carbonyl (C=O) groups excluding carboxylic acids is 1. The van der Waals surface area contributed by atoms with Gasteiger partial charge in [-0.3, -0.25) is 4.79 Å². The van der Waals surface area contributed by atoms with Crippen molar-refractivity contribution >= 4 is 17.4 Å². The first-order valence-corrected chi connectivity index (χ1v) is 6.68. The highest BCUT2D eigenvalue weighted by atomic mass is 16.2. The zero-order valence-corrected chi connectivity index (χ0v) is 12.1. The van der Waals surface area contributed by atoms with Gasteiger partial charge in [-0.2, -0.15) is 0 Å². The number of pyridine rings is 1. The molecule has 0 fully saturated rings. The summed E-state index contributed by atoms with van der Waals surface area (Å²) in [6.45, 7) is 4.62. The van der Waals surface area contributed by atoms with E-state index in [1.54, 1.807) is 30.3 Å². The summed E-state index contributed by atoms with van der Waals surface area (Å²) in [6.07, 6.45) is 1.64. The first-order valence-electron chi connectivity index (χ1n) is 6.68. The predicted octanol–water partition coefficient (Wildman–Crippen LogP) is 3.10. The Morgan fingerprint density at radius 1 is 1.30 bits per heavy atom. The molecule has 0 aliphatic rings. The van der Waals surface area contributed by atoms with Crippen molar-refractivity contribution in [2.75, 3.05) is 23.8 Å². The standard InChI is InChI=1S/C16H19N3O/c1-4-19(14-7-5-6-12(2)10-14)16(20)13-8-9-18-15(11-13)17-3/h5-11H,4H2,1-3H3,(H,17,18). The van der Waals surface area contributed by atoms with Gasteiger partial charge in [0.05, 0.1) is 0 Å². The molecule has 0 unspecified atom stereocenters. The molecule has 104 valence electrons. The number of amides is 1. The van der Waals surface area contributed by atoms with Crippen molar-refractivity contribution in [3.8, 4) is 0 Å². The molecule has 4 heteroatoms. The van der Waals surface area contributed by atoms with Gasteiger partial charge < -0.3 is 10.2 Å².